The Morgan fingerprint density at radius 2 is 2.00 bits per heavy atom. The van der Waals surface area contributed by atoms with Gasteiger partial charge in [0.05, 0.1) is 12.2 Å². The summed E-state index contributed by atoms with van der Waals surface area (Å²) >= 11 is 1.64. The van der Waals surface area contributed by atoms with Crippen LogP contribution in [0.1, 0.15) is 23.4 Å². The van der Waals surface area contributed by atoms with Crippen LogP contribution in [0, 0.1) is 6.92 Å². The normalized spacial score (nSPS) is 15.6. The van der Waals surface area contributed by atoms with Crippen LogP contribution in [0.2, 0.25) is 0 Å². The number of hydrogen-bond acceptors (Lipinski definition) is 5. The Balaban J connectivity index is 0.00000225. The van der Waals surface area contributed by atoms with Crippen LogP contribution in [0.25, 0.3) is 10.6 Å². The van der Waals surface area contributed by atoms with Crippen molar-refractivity contribution in [2.75, 3.05) is 13.1 Å². The van der Waals surface area contributed by atoms with E-state index >= 15 is 0 Å². The minimum absolute atomic E-state index is 0. The van der Waals surface area contributed by atoms with Crippen LogP contribution < -0.4 is 10.6 Å². The van der Waals surface area contributed by atoms with E-state index in [1.165, 1.54) is 0 Å². The molecule has 3 heterocycles. The van der Waals surface area contributed by atoms with Crippen molar-refractivity contribution in [1.82, 2.24) is 25.4 Å². The zero-order valence-corrected chi connectivity index (χ0v) is 17.4. The molecule has 1 aliphatic rings. The summed E-state index contributed by atoms with van der Waals surface area (Å²) in [6.45, 7) is 4.11. The number of thiazole rings is 1. The van der Waals surface area contributed by atoms with Gasteiger partial charge in [0.15, 0.2) is 0 Å². The van der Waals surface area contributed by atoms with Gasteiger partial charge in [-0.05, 0) is 38.9 Å². The highest BCUT2D eigenvalue weighted by Gasteiger charge is 2.41. The van der Waals surface area contributed by atoms with Crippen molar-refractivity contribution < 1.29 is 4.79 Å². The third-order valence-electron chi connectivity index (χ3n) is 5.12. The molecule has 28 heavy (non-hydrogen) atoms. The van der Waals surface area contributed by atoms with E-state index in [9.17, 15) is 4.79 Å². The maximum absolute atomic E-state index is 13.2. The van der Waals surface area contributed by atoms with E-state index in [0.29, 0.717) is 6.54 Å². The van der Waals surface area contributed by atoms with Gasteiger partial charge in [0.1, 0.15) is 10.5 Å². The van der Waals surface area contributed by atoms with Crippen molar-refractivity contribution in [3.05, 3.63) is 59.4 Å². The number of aromatic nitrogens is 3. The molecule has 1 aliphatic heterocycles. The molecule has 4 rings (SSSR count). The smallest absolute Gasteiger partial charge is 0.248 e. The molecule has 0 bridgehead atoms. The summed E-state index contributed by atoms with van der Waals surface area (Å²) < 4.78 is 1.82. The standard InChI is InChI=1S/C20H23N5OS.ClH/c1-15-17(27-18(24-15)16-6-3-2-4-7-16)14-22-19(26)20(8-11-21-12-9-20)25-13-5-10-23-25;/h2-7,10,13,21H,8-9,11-12,14H2,1H3,(H,22,26);1H. The second-order valence-electron chi connectivity index (χ2n) is 6.81. The Labute approximate surface area is 174 Å². The second kappa shape index (κ2) is 8.86. The number of hydrogen-bond donors (Lipinski definition) is 2. The molecular weight excluding hydrogens is 394 g/mol. The average molecular weight is 418 g/mol. The lowest BCUT2D eigenvalue weighted by Crippen LogP contribution is -2.54. The van der Waals surface area contributed by atoms with Crippen LogP contribution in [0.15, 0.2) is 48.8 Å². The van der Waals surface area contributed by atoms with Gasteiger partial charge < -0.3 is 10.6 Å². The minimum Gasteiger partial charge on any atom is -0.349 e. The number of rotatable bonds is 5. The van der Waals surface area contributed by atoms with E-state index in [1.807, 2.05) is 42.1 Å². The number of piperidine rings is 1. The Hall–Kier alpha value is -2.22. The van der Waals surface area contributed by atoms with Crippen LogP contribution in [0.5, 0.6) is 0 Å². The van der Waals surface area contributed by atoms with Gasteiger partial charge in [-0.15, -0.1) is 23.7 Å². The van der Waals surface area contributed by atoms with Crippen molar-refractivity contribution >= 4 is 29.7 Å². The minimum atomic E-state index is -0.615. The lowest BCUT2D eigenvalue weighted by molar-refractivity contribution is -0.132. The lowest BCUT2D eigenvalue weighted by atomic mass is 9.87. The first-order valence-electron chi connectivity index (χ1n) is 9.20. The van der Waals surface area contributed by atoms with E-state index in [0.717, 1.165) is 47.1 Å². The van der Waals surface area contributed by atoms with Crippen molar-refractivity contribution in [1.29, 1.82) is 0 Å². The largest absolute Gasteiger partial charge is 0.349 e. The summed E-state index contributed by atoms with van der Waals surface area (Å²) in [5.41, 5.74) is 1.46. The van der Waals surface area contributed by atoms with Gasteiger partial charge in [0, 0.05) is 22.8 Å². The fraction of sp³-hybridized carbons (Fsp3) is 0.350. The number of nitrogens with zero attached hydrogens (tertiary/aromatic N) is 3. The van der Waals surface area contributed by atoms with Gasteiger partial charge in [-0.25, -0.2) is 4.98 Å². The molecule has 1 aromatic carbocycles. The van der Waals surface area contributed by atoms with Crippen LogP contribution in [0.3, 0.4) is 0 Å². The first-order valence-corrected chi connectivity index (χ1v) is 10.0. The van der Waals surface area contributed by atoms with Gasteiger partial charge in [0.25, 0.3) is 0 Å². The molecular formula is C20H24ClN5OS. The third kappa shape index (κ3) is 3.97. The number of aryl methyl sites for hydroxylation is 1. The molecule has 2 N–H and O–H groups in total. The van der Waals surface area contributed by atoms with Gasteiger partial charge in [-0.1, -0.05) is 30.3 Å². The second-order valence-corrected chi connectivity index (χ2v) is 7.89. The van der Waals surface area contributed by atoms with Crippen molar-refractivity contribution in [3.63, 3.8) is 0 Å². The quantitative estimate of drug-likeness (QED) is 0.669. The van der Waals surface area contributed by atoms with E-state index in [4.69, 9.17) is 0 Å². The van der Waals surface area contributed by atoms with Gasteiger partial charge in [-0.2, -0.15) is 5.10 Å². The summed E-state index contributed by atoms with van der Waals surface area (Å²) in [7, 11) is 0. The van der Waals surface area contributed by atoms with Gasteiger partial charge in [0.2, 0.25) is 5.91 Å². The fourth-order valence-corrected chi connectivity index (χ4v) is 4.55. The molecule has 2 aromatic heterocycles. The summed E-state index contributed by atoms with van der Waals surface area (Å²) in [4.78, 5) is 18.9. The molecule has 0 atom stereocenters. The maximum atomic E-state index is 13.2. The number of carbonyl (C=O) groups excluding carboxylic acids is 1. The average Bonchev–Trinajstić information content (AvgIpc) is 3.38. The molecule has 0 unspecified atom stereocenters. The molecule has 8 heteroatoms. The molecule has 0 aliphatic carbocycles. The molecule has 1 saturated heterocycles. The predicted molar refractivity (Wildman–Crippen MR) is 114 cm³/mol. The van der Waals surface area contributed by atoms with E-state index in [-0.39, 0.29) is 18.3 Å². The molecule has 1 amide bonds. The van der Waals surface area contributed by atoms with Crippen LogP contribution in [-0.4, -0.2) is 33.8 Å². The van der Waals surface area contributed by atoms with Crippen molar-refractivity contribution in [2.45, 2.75) is 31.8 Å². The van der Waals surface area contributed by atoms with Crippen molar-refractivity contribution in [3.8, 4) is 10.6 Å². The summed E-state index contributed by atoms with van der Waals surface area (Å²) in [5.74, 6) is 0.0294. The first kappa shape index (κ1) is 20.5. The van der Waals surface area contributed by atoms with Crippen LogP contribution in [0.4, 0.5) is 0 Å². The molecule has 0 radical (unpaired) electrons. The third-order valence-corrected chi connectivity index (χ3v) is 6.33. The molecule has 6 nitrogen and oxygen atoms in total. The SMILES string of the molecule is Cc1nc(-c2ccccc2)sc1CNC(=O)C1(n2cccn2)CCNCC1.Cl. The zero-order chi connectivity index (χ0) is 18.7. The number of amides is 1. The zero-order valence-electron chi connectivity index (χ0n) is 15.7. The Bertz CT molecular complexity index is 904. The molecule has 0 saturated carbocycles. The highest BCUT2D eigenvalue weighted by atomic mass is 35.5. The number of benzene rings is 1. The van der Waals surface area contributed by atoms with Gasteiger partial charge >= 0.3 is 0 Å². The summed E-state index contributed by atoms with van der Waals surface area (Å²) in [6.07, 6.45) is 5.09. The summed E-state index contributed by atoms with van der Waals surface area (Å²) in [5, 5.41) is 11.8. The first-order chi connectivity index (χ1) is 13.2. The van der Waals surface area contributed by atoms with E-state index in [2.05, 4.69) is 32.8 Å². The maximum Gasteiger partial charge on any atom is 0.248 e. The fourth-order valence-electron chi connectivity index (χ4n) is 3.54. The Morgan fingerprint density at radius 3 is 2.68 bits per heavy atom. The number of halogens is 1. The molecule has 1 fully saturated rings. The van der Waals surface area contributed by atoms with Crippen molar-refractivity contribution in [2.24, 2.45) is 0 Å². The number of nitrogens with one attached hydrogen (secondary N) is 2. The monoisotopic (exact) mass is 417 g/mol. The summed E-state index contributed by atoms with van der Waals surface area (Å²) in [6, 6.07) is 12.0. The Morgan fingerprint density at radius 1 is 1.25 bits per heavy atom. The topological polar surface area (TPSA) is 71.8 Å². The number of carbonyl (C=O) groups is 1. The van der Waals surface area contributed by atoms with Crippen LogP contribution in [-0.2, 0) is 16.9 Å². The van der Waals surface area contributed by atoms with Crippen LogP contribution >= 0.6 is 23.7 Å². The van der Waals surface area contributed by atoms with E-state index in [1.54, 1.807) is 17.5 Å². The Kier molecular flexibility index (Phi) is 6.49. The highest BCUT2D eigenvalue weighted by Crippen LogP contribution is 2.29. The van der Waals surface area contributed by atoms with Gasteiger partial charge in [-0.3, -0.25) is 9.48 Å². The molecule has 0 spiro atoms. The predicted octanol–water partition coefficient (Wildman–Crippen LogP) is 3.13. The van der Waals surface area contributed by atoms with E-state index < -0.39 is 5.54 Å². The highest BCUT2D eigenvalue weighted by molar-refractivity contribution is 7.15. The molecule has 148 valence electrons. The lowest BCUT2D eigenvalue weighted by Gasteiger charge is -2.36. The molecule has 3 aromatic rings.